The lowest BCUT2D eigenvalue weighted by atomic mass is 10.1. The van der Waals surface area contributed by atoms with E-state index in [-0.39, 0.29) is 11.6 Å². The zero-order valence-corrected chi connectivity index (χ0v) is 21.0. The highest BCUT2D eigenvalue weighted by Crippen LogP contribution is 2.37. The van der Waals surface area contributed by atoms with E-state index in [1.807, 2.05) is 66.7 Å². The second-order valence-electron chi connectivity index (χ2n) is 9.79. The number of hydrogen-bond donors (Lipinski definition) is 2. The minimum absolute atomic E-state index is 0.189. The number of rotatable bonds is 8. The largest absolute Gasteiger partial charge is 0.405 e. The van der Waals surface area contributed by atoms with E-state index in [1.54, 1.807) is 0 Å². The maximum absolute atomic E-state index is 10.6. The molecule has 2 N–H and O–H groups in total. The number of ether oxygens (including phenoxy) is 2. The third-order valence-corrected chi connectivity index (χ3v) is 11.5. The van der Waals surface area contributed by atoms with Crippen LogP contribution in [0.25, 0.3) is 0 Å². The number of benzene rings is 3. The van der Waals surface area contributed by atoms with Crippen LogP contribution in [0.2, 0.25) is 5.04 Å². The minimum Gasteiger partial charge on any atom is -0.405 e. The van der Waals surface area contributed by atoms with Crippen LogP contribution in [-0.4, -0.2) is 49.7 Å². The fourth-order valence-corrected chi connectivity index (χ4v) is 9.36. The molecule has 0 spiro atoms. The monoisotopic (exact) mass is 478 g/mol. The molecule has 1 aliphatic rings. The Morgan fingerprint density at radius 2 is 1.29 bits per heavy atom. The molecule has 0 amide bonds. The standard InChI is InChI=1S/C28H34O5Si/c1-28(2,3)34(22-15-9-5-10-16-22,23-17-11-6-12-18-23)32-20-24-26(25(29)27(30)33-24)31-19-21-13-7-4-8-14-21/h4-18,24-27,29-30H,19-20H2,1-3H3/t24-,25+,26-,27?/m1/s1. The van der Waals surface area contributed by atoms with Gasteiger partial charge in [-0.1, -0.05) is 112 Å². The first-order valence-corrected chi connectivity index (χ1v) is 13.7. The molecular weight excluding hydrogens is 444 g/mol. The molecule has 0 aliphatic carbocycles. The van der Waals surface area contributed by atoms with Crippen molar-refractivity contribution in [3.05, 3.63) is 96.6 Å². The van der Waals surface area contributed by atoms with Gasteiger partial charge in [-0.15, -0.1) is 0 Å². The van der Waals surface area contributed by atoms with Crippen LogP contribution in [0, 0.1) is 0 Å². The molecule has 3 aromatic carbocycles. The Labute approximate surface area is 203 Å². The molecule has 1 unspecified atom stereocenters. The van der Waals surface area contributed by atoms with E-state index in [0.29, 0.717) is 6.61 Å². The lowest BCUT2D eigenvalue weighted by Crippen LogP contribution is -2.67. The molecule has 6 heteroatoms. The fraction of sp³-hybridized carbons (Fsp3) is 0.357. The average molecular weight is 479 g/mol. The van der Waals surface area contributed by atoms with Crippen LogP contribution >= 0.6 is 0 Å². The Bertz CT molecular complexity index is 983. The SMILES string of the molecule is CC(C)(C)[Si](OC[C@H]1OC(O)[C@@H](O)[C@@H]1OCc1ccccc1)(c1ccccc1)c1ccccc1. The molecule has 34 heavy (non-hydrogen) atoms. The Hall–Kier alpha value is -2.32. The number of aliphatic hydroxyl groups is 2. The maximum atomic E-state index is 10.6. The normalized spacial score (nSPS) is 23.2. The van der Waals surface area contributed by atoms with Crippen molar-refractivity contribution in [2.75, 3.05) is 6.61 Å². The van der Waals surface area contributed by atoms with Gasteiger partial charge in [-0.25, -0.2) is 0 Å². The van der Waals surface area contributed by atoms with Gasteiger partial charge in [0.1, 0.15) is 18.3 Å². The van der Waals surface area contributed by atoms with Gasteiger partial charge < -0.3 is 24.1 Å². The third kappa shape index (κ3) is 5.03. The first-order valence-electron chi connectivity index (χ1n) is 11.7. The van der Waals surface area contributed by atoms with E-state index in [9.17, 15) is 10.2 Å². The van der Waals surface area contributed by atoms with Gasteiger partial charge in [0.15, 0.2) is 6.29 Å². The highest BCUT2D eigenvalue weighted by molar-refractivity contribution is 6.99. The summed E-state index contributed by atoms with van der Waals surface area (Å²) >= 11 is 0. The molecule has 1 aliphatic heterocycles. The zero-order chi connectivity index (χ0) is 24.2. The van der Waals surface area contributed by atoms with Gasteiger partial charge in [-0.2, -0.15) is 0 Å². The van der Waals surface area contributed by atoms with Gasteiger partial charge in [0.05, 0.1) is 13.2 Å². The van der Waals surface area contributed by atoms with Crippen molar-refractivity contribution in [3.63, 3.8) is 0 Å². The summed E-state index contributed by atoms with van der Waals surface area (Å²) in [4.78, 5) is 0. The van der Waals surface area contributed by atoms with Crippen molar-refractivity contribution < 1.29 is 24.1 Å². The van der Waals surface area contributed by atoms with Gasteiger partial charge in [0.2, 0.25) is 0 Å². The molecule has 180 valence electrons. The molecule has 0 bridgehead atoms. The maximum Gasteiger partial charge on any atom is 0.261 e. The van der Waals surface area contributed by atoms with Crippen LogP contribution in [0.3, 0.4) is 0 Å². The summed E-state index contributed by atoms with van der Waals surface area (Å²) in [6.45, 7) is 7.14. The van der Waals surface area contributed by atoms with E-state index >= 15 is 0 Å². The first-order chi connectivity index (χ1) is 16.3. The highest BCUT2D eigenvalue weighted by atomic mass is 28.4. The summed E-state index contributed by atoms with van der Waals surface area (Å²) in [6, 6.07) is 30.5. The van der Waals surface area contributed by atoms with E-state index in [2.05, 4.69) is 45.0 Å². The molecular formula is C28H34O5Si. The van der Waals surface area contributed by atoms with E-state index in [1.165, 1.54) is 0 Å². The summed E-state index contributed by atoms with van der Waals surface area (Å²) in [5.41, 5.74) is 0.989. The van der Waals surface area contributed by atoms with Gasteiger partial charge in [0, 0.05) is 0 Å². The summed E-state index contributed by atoms with van der Waals surface area (Å²) in [7, 11) is -2.78. The van der Waals surface area contributed by atoms with Crippen LogP contribution in [0.1, 0.15) is 26.3 Å². The number of hydrogen-bond acceptors (Lipinski definition) is 5. The predicted octanol–water partition coefficient (Wildman–Crippen LogP) is 3.23. The quantitative estimate of drug-likeness (QED) is 0.487. The fourth-order valence-electron chi connectivity index (χ4n) is 4.79. The highest BCUT2D eigenvalue weighted by Gasteiger charge is 2.52. The smallest absolute Gasteiger partial charge is 0.261 e. The lowest BCUT2D eigenvalue weighted by molar-refractivity contribution is -0.132. The van der Waals surface area contributed by atoms with Crippen LogP contribution in [0.15, 0.2) is 91.0 Å². The summed E-state index contributed by atoms with van der Waals surface area (Å²) < 4.78 is 18.7. The molecule has 1 fully saturated rings. The minimum atomic E-state index is -2.78. The molecule has 4 rings (SSSR count). The van der Waals surface area contributed by atoms with Crippen molar-refractivity contribution in [3.8, 4) is 0 Å². The van der Waals surface area contributed by atoms with Crippen LogP contribution < -0.4 is 10.4 Å². The Morgan fingerprint density at radius 1 is 0.794 bits per heavy atom. The van der Waals surface area contributed by atoms with E-state index < -0.39 is 32.9 Å². The average Bonchev–Trinajstić information content (AvgIpc) is 3.12. The van der Waals surface area contributed by atoms with Gasteiger partial charge in [-0.05, 0) is 21.0 Å². The molecule has 0 saturated carbocycles. The molecule has 1 saturated heterocycles. The molecule has 4 atom stereocenters. The molecule has 0 radical (unpaired) electrons. The van der Waals surface area contributed by atoms with Gasteiger partial charge >= 0.3 is 0 Å². The van der Waals surface area contributed by atoms with Gasteiger partial charge in [0.25, 0.3) is 8.32 Å². The van der Waals surface area contributed by atoms with Gasteiger partial charge in [-0.3, -0.25) is 0 Å². The second-order valence-corrected chi connectivity index (χ2v) is 14.1. The number of aliphatic hydroxyl groups excluding tert-OH is 2. The molecule has 5 nitrogen and oxygen atoms in total. The van der Waals surface area contributed by atoms with Crippen molar-refractivity contribution in [1.82, 2.24) is 0 Å². The molecule has 3 aromatic rings. The van der Waals surface area contributed by atoms with Crippen molar-refractivity contribution >= 4 is 18.7 Å². The predicted molar refractivity (Wildman–Crippen MR) is 135 cm³/mol. The molecule has 0 aromatic heterocycles. The van der Waals surface area contributed by atoms with E-state index in [4.69, 9.17) is 13.9 Å². The molecule has 1 heterocycles. The first kappa shape index (κ1) is 24.8. The van der Waals surface area contributed by atoms with Crippen LogP contribution in [0.4, 0.5) is 0 Å². The Balaban J connectivity index is 1.62. The van der Waals surface area contributed by atoms with Crippen molar-refractivity contribution in [2.24, 2.45) is 0 Å². The summed E-state index contributed by atoms with van der Waals surface area (Å²) in [5, 5.41) is 23.0. The van der Waals surface area contributed by atoms with E-state index in [0.717, 1.165) is 15.9 Å². The summed E-state index contributed by atoms with van der Waals surface area (Å²) in [5.74, 6) is 0. The Morgan fingerprint density at radius 3 is 1.79 bits per heavy atom. The second kappa shape index (κ2) is 10.5. The van der Waals surface area contributed by atoms with Crippen molar-refractivity contribution in [1.29, 1.82) is 0 Å². The van der Waals surface area contributed by atoms with Crippen LogP contribution in [0.5, 0.6) is 0 Å². The summed E-state index contributed by atoms with van der Waals surface area (Å²) in [6.07, 6.45) is -3.76. The topological polar surface area (TPSA) is 68.2 Å². The zero-order valence-electron chi connectivity index (χ0n) is 20.0. The van der Waals surface area contributed by atoms with Crippen molar-refractivity contribution in [2.45, 2.75) is 57.0 Å². The third-order valence-electron chi connectivity index (χ3n) is 6.48. The van der Waals surface area contributed by atoms with Crippen LogP contribution in [-0.2, 0) is 20.5 Å². The Kier molecular flexibility index (Phi) is 7.67. The lowest BCUT2D eigenvalue weighted by Gasteiger charge is -2.43.